The molecule has 58 heavy (non-hydrogen) atoms. The zero-order valence-corrected chi connectivity index (χ0v) is 40.4. The highest BCUT2D eigenvalue weighted by atomic mass is 16.3. The van der Waals surface area contributed by atoms with E-state index < -0.39 is 11.2 Å². The molecule has 2 atom stereocenters. The monoisotopic (exact) mass is 811 g/mol. The molecule has 0 aromatic heterocycles. The van der Waals surface area contributed by atoms with Gasteiger partial charge in [0.2, 0.25) is 0 Å². The Morgan fingerprint density at radius 2 is 0.448 bits per heavy atom. The van der Waals surface area contributed by atoms with Gasteiger partial charge in [0.05, 0.1) is 0 Å². The van der Waals surface area contributed by atoms with Crippen LogP contribution in [-0.2, 0) is 0 Å². The number of hydrogen-bond donors (Lipinski definition) is 2. The normalized spacial score (nSPS) is 13.4. The first kappa shape index (κ1) is 57.0. The molecule has 0 saturated heterocycles. The van der Waals surface area contributed by atoms with Gasteiger partial charge in [-0.05, 0) is 51.4 Å². The maximum atomic E-state index is 11.0. The molecule has 0 aromatic carbocycles. The standard InChI is InChI=1S/C56H106O2/c1-5-9-11-13-15-17-19-21-23-25-27-31-35-39-43-47-51-55(57,7-3)53-49-45-41-37-33-29-30-34-38-42-46-50-54-56(58,8-4)52-48-44-40-36-32-28-26-24-22-20-18-16-14-12-10-6-2/h57-58H,5-46,49-50,53-54H2,1-4H3. The van der Waals surface area contributed by atoms with Crippen LogP contribution in [0.5, 0.6) is 0 Å². The van der Waals surface area contributed by atoms with Crippen LogP contribution in [0.25, 0.3) is 0 Å². The molecule has 0 aromatic rings. The van der Waals surface area contributed by atoms with Gasteiger partial charge in [-0.2, -0.15) is 0 Å². The summed E-state index contributed by atoms with van der Waals surface area (Å²) in [6.07, 6.45) is 59.1. The lowest BCUT2D eigenvalue weighted by atomic mass is 9.93. The molecule has 0 amide bonds. The minimum absolute atomic E-state index is 0.742. The fraction of sp³-hybridized carbons (Fsp3) is 0.929. The first-order valence-electron chi connectivity index (χ1n) is 26.9. The first-order chi connectivity index (χ1) is 28.4. The van der Waals surface area contributed by atoms with Gasteiger partial charge in [0, 0.05) is 12.8 Å². The van der Waals surface area contributed by atoms with Crippen molar-refractivity contribution >= 4 is 0 Å². The van der Waals surface area contributed by atoms with Gasteiger partial charge in [-0.1, -0.05) is 271 Å². The van der Waals surface area contributed by atoms with E-state index >= 15 is 0 Å². The summed E-state index contributed by atoms with van der Waals surface area (Å²) in [5, 5.41) is 22.0. The van der Waals surface area contributed by atoms with Crippen molar-refractivity contribution in [3.05, 3.63) is 0 Å². The maximum Gasteiger partial charge on any atom is 0.125 e. The summed E-state index contributed by atoms with van der Waals surface area (Å²) in [5.41, 5.74) is -1.55. The second-order valence-corrected chi connectivity index (χ2v) is 18.8. The van der Waals surface area contributed by atoms with E-state index in [1.54, 1.807) is 0 Å². The highest BCUT2D eigenvalue weighted by molar-refractivity contribution is 5.14. The Bertz CT molecular complexity index is 858. The highest BCUT2D eigenvalue weighted by Gasteiger charge is 2.21. The van der Waals surface area contributed by atoms with E-state index in [4.69, 9.17) is 0 Å². The van der Waals surface area contributed by atoms with Gasteiger partial charge in [0.25, 0.3) is 0 Å². The Kier molecular flexibility index (Phi) is 44.8. The fourth-order valence-electron chi connectivity index (χ4n) is 8.53. The van der Waals surface area contributed by atoms with Crippen LogP contribution in [0.4, 0.5) is 0 Å². The Morgan fingerprint density at radius 3 is 0.655 bits per heavy atom. The van der Waals surface area contributed by atoms with Crippen molar-refractivity contribution in [2.75, 3.05) is 0 Å². The molecule has 0 bridgehead atoms. The van der Waals surface area contributed by atoms with Crippen LogP contribution in [0.2, 0.25) is 0 Å². The van der Waals surface area contributed by atoms with Crippen molar-refractivity contribution < 1.29 is 10.2 Å². The van der Waals surface area contributed by atoms with Gasteiger partial charge >= 0.3 is 0 Å². The maximum absolute atomic E-state index is 11.0. The summed E-state index contributed by atoms with van der Waals surface area (Å²) < 4.78 is 0. The van der Waals surface area contributed by atoms with E-state index in [1.165, 1.54) is 244 Å². The Balaban J connectivity index is 3.64. The van der Waals surface area contributed by atoms with E-state index in [0.29, 0.717) is 0 Å². The molecule has 0 aliphatic carbocycles. The largest absolute Gasteiger partial charge is 0.378 e. The molecule has 2 N–H and O–H groups in total. The van der Waals surface area contributed by atoms with Gasteiger partial charge in [-0.3, -0.25) is 0 Å². The first-order valence-corrected chi connectivity index (χ1v) is 26.9. The average Bonchev–Trinajstić information content (AvgIpc) is 3.23. The average molecular weight is 811 g/mol. The van der Waals surface area contributed by atoms with Crippen LogP contribution >= 0.6 is 0 Å². The van der Waals surface area contributed by atoms with Crippen molar-refractivity contribution in [2.45, 2.75) is 334 Å². The summed E-state index contributed by atoms with van der Waals surface area (Å²) in [5.74, 6) is 13.2. The summed E-state index contributed by atoms with van der Waals surface area (Å²) in [6, 6.07) is 0. The summed E-state index contributed by atoms with van der Waals surface area (Å²) >= 11 is 0. The molecule has 0 fully saturated rings. The van der Waals surface area contributed by atoms with Crippen LogP contribution in [0.1, 0.15) is 323 Å². The molecule has 0 rings (SSSR count). The second-order valence-electron chi connectivity index (χ2n) is 18.8. The highest BCUT2D eigenvalue weighted by Crippen LogP contribution is 2.22. The lowest BCUT2D eigenvalue weighted by molar-refractivity contribution is 0.0839. The minimum atomic E-state index is -0.774. The van der Waals surface area contributed by atoms with Crippen molar-refractivity contribution in [1.29, 1.82) is 0 Å². The van der Waals surface area contributed by atoms with E-state index in [2.05, 4.69) is 51.4 Å². The Morgan fingerprint density at radius 1 is 0.259 bits per heavy atom. The molecule has 0 heterocycles. The predicted molar refractivity (Wildman–Crippen MR) is 261 cm³/mol. The smallest absolute Gasteiger partial charge is 0.125 e. The van der Waals surface area contributed by atoms with E-state index in [9.17, 15) is 10.2 Å². The molecule has 0 aliphatic heterocycles. The molecule has 0 aliphatic rings. The number of unbranched alkanes of at least 4 members (excludes halogenated alkanes) is 39. The van der Waals surface area contributed by atoms with E-state index in [-0.39, 0.29) is 0 Å². The second kappa shape index (κ2) is 45.6. The molecule has 2 unspecified atom stereocenters. The van der Waals surface area contributed by atoms with Gasteiger partial charge < -0.3 is 10.2 Å². The molecule has 0 radical (unpaired) electrons. The molecule has 0 saturated carbocycles. The summed E-state index contributed by atoms with van der Waals surface area (Å²) in [7, 11) is 0. The zero-order valence-electron chi connectivity index (χ0n) is 40.4. The zero-order chi connectivity index (χ0) is 42.4. The van der Waals surface area contributed by atoms with Crippen molar-refractivity contribution in [3.63, 3.8) is 0 Å². The summed E-state index contributed by atoms with van der Waals surface area (Å²) in [6.45, 7) is 8.76. The van der Waals surface area contributed by atoms with Crippen LogP contribution in [-0.4, -0.2) is 21.4 Å². The third-order valence-corrected chi connectivity index (χ3v) is 13.1. The topological polar surface area (TPSA) is 40.5 Å². The van der Waals surface area contributed by atoms with Crippen molar-refractivity contribution in [1.82, 2.24) is 0 Å². The molecule has 2 nitrogen and oxygen atoms in total. The number of aliphatic hydroxyl groups is 2. The van der Waals surface area contributed by atoms with Crippen LogP contribution in [0.3, 0.4) is 0 Å². The van der Waals surface area contributed by atoms with Crippen LogP contribution in [0.15, 0.2) is 0 Å². The van der Waals surface area contributed by atoms with Gasteiger partial charge in [-0.15, -0.1) is 11.8 Å². The van der Waals surface area contributed by atoms with Crippen LogP contribution in [0, 0.1) is 23.7 Å². The quantitative estimate of drug-likeness (QED) is 0.0475. The van der Waals surface area contributed by atoms with Gasteiger partial charge in [0.1, 0.15) is 11.2 Å². The van der Waals surface area contributed by atoms with Gasteiger partial charge in [-0.25, -0.2) is 0 Å². The fourth-order valence-corrected chi connectivity index (χ4v) is 8.53. The Labute approximate surface area is 366 Å². The third kappa shape index (κ3) is 41.8. The SMILES string of the molecule is CCCCCCCCCCCCCCCCC#CC(O)(CC)CCCCCCCCCCCCCCC(O)(C#CCCCCCCCCCCCCCCCC)CC. The number of rotatable bonds is 45. The van der Waals surface area contributed by atoms with Crippen LogP contribution < -0.4 is 0 Å². The van der Waals surface area contributed by atoms with E-state index in [1.807, 2.05) is 0 Å². The third-order valence-electron chi connectivity index (χ3n) is 13.1. The Hall–Kier alpha value is -0.960. The minimum Gasteiger partial charge on any atom is -0.378 e. The molecular weight excluding hydrogens is 705 g/mol. The molecule has 0 spiro atoms. The van der Waals surface area contributed by atoms with E-state index in [0.717, 1.165) is 51.4 Å². The lowest BCUT2D eigenvalue weighted by Gasteiger charge is -2.20. The number of hydrogen-bond acceptors (Lipinski definition) is 2. The predicted octanol–water partition coefficient (Wildman–Crippen LogP) is 18.5. The van der Waals surface area contributed by atoms with Crippen molar-refractivity contribution in [3.8, 4) is 23.7 Å². The van der Waals surface area contributed by atoms with Crippen molar-refractivity contribution in [2.24, 2.45) is 0 Å². The summed E-state index contributed by atoms with van der Waals surface area (Å²) in [4.78, 5) is 0. The molecule has 342 valence electrons. The molecular formula is C56H106O2. The lowest BCUT2D eigenvalue weighted by Crippen LogP contribution is -2.25. The van der Waals surface area contributed by atoms with Gasteiger partial charge in [0.15, 0.2) is 0 Å². The molecule has 2 heteroatoms.